The van der Waals surface area contributed by atoms with E-state index in [0.29, 0.717) is 21.2 Å². The average molecular weight is 450 g/mol. The van der Waals surface area contributed by atoms with E-state index in [-0.39, 0.29) is 10.6 Å². The number of hydrogen-bond acceptors (Lipinski definition) is 4. The Morgan fingerprint density at radius 1 is 1.15 bits per heavy atom. The predicted molar refractivity (Wildman–Crippen MR) is 91.7 cm³/mol. The van der Waals surface area contributed by atoms with Crippen molar-refractivity contribution in [1.82, 2.24) is 14.5 Å². The van der Waals surface area contributed by atoms with Gasteiger partial charge in [-0.15, -0.1) is 13.2 Å². The minimum absolute atomic E-state index is 0.0710. The number of nitrogens with one attached hydrogen (secondary N) is 1. The second-order valence-electron chi connectivity index (χ2n) is 5.13. The fraction of sp³-hybridized carbons (Fsp3) is 0.133. The number of sulfonamides is 1. The first-order valence-electron chi connectivity index (χ1n) is 7.09. The smallest absolute Gasteiger partial charge is 0.406 e. The van der Waals surface area contributed by atoms with Crippen LogP contribution in [0, 0.1) is 0 Å². The Morgan fingerprint density at radius 2 is 1.81 bits per heavy atom. The summed E-state index contributed by atoms with van der Waals surface area (Å²) < 4.78 is 68.5. The van der Waals surface area contributed by atoms with Gasteiger partial charge in [0.05, 0.1) is 16.1 Å². The molecule has 1 N–H and O–H groups in total. The molecule has 138 valence electrons. The molecule has 3 aromatic rings. The Kier molecular flexibility index (Phi) is 4.71. The van der Waals surface area contributed by atoms with Gasteiger partial charge in [-0.2, -0.15) is 5.10 Å². The van der Waals surface area contributed by atoms with E-state index in [1.165, 1.54) is 48.1 Å². The minimum Gasteiger partial charge on any atom is -0.406 e. The highest BCUT2D eigenvalue weighted by molar-refractivity contribution is 9.10. The summed E-state index contributed by atoms with van der Waals surface area (Å²) in [6.45, 7) is 0. The zero-order chi connectivity index (χ0) is 19.1. The monoisotopic (exact) mass is 449 g/mol. The normalized spacial score (nSPS) is 12.5. The number of fused-ring (bicyclic) bond motifs is 1. The van der Waals surface area contributed by atoms with E-state index in [0.717, 1.165) is 0 Å². The number of benzene rings is 2. The van der Waals surface area contributed by atoms with Gasteiger partial charge < -0.3 is 4.74 Å². The van der Waals surface area contributed by atoms with Gasteiger partial charge in [-0.3, -0.25) is 0 Å². The molecule has 0 fully saturated rings. The van der Waals surface area contributed by atoms with Crippen molar-refractivity contribution >= 4 is 36.9 Å². The van der Waals surface area contributed by atoms with Gasteiger partial charge in [0.25, 0.3) is 0 Å². The Hall–Kier alpha value is -2.11. The van der Waals surface area contributed by atoms with Crippen molar-refractivity contribution in [2.24, 2.45) is 0 Å². The van der Waals surface area contributed by atoms with Crippen molar-refractivity contribution in [3.63, 3.8) is 0 Å². The molecular weight excluding hydrogens is 439 g/mol. The Labute approximate surface area is 154 Å². The van der Waals surface area contributed by atoms with Crippen molar-refractivity contribution in [3.05, 3.63) is 47.1 Å². The van der Waals surface area contributed by atoms with E-state index >= 15 is 0 Å². The topological polar surface area (TPSA) is 73.2 Å². The molecule has 0 atom stereocenters. The number of hydrogen-bond donors (Lipinski definition) is 1. The molecule has 0 bridgehead atoms. The number of rotatable bonds is 4. The molecule has 0 aliphatic heterocycles. The molecule has 0 radical (unpaired) electrons. The standard InChI is InChI=1S/C15H11BrF3N3O3S/c1-20-26(23,24)11-6-7-13-12(8-11)14(16)21-22(13)9-2-4-10(5-3-9)25-15(17,18)19/h2-8,20H,1H3. The van der Waals surface area contributed by atoms with Gasteiger partial charge in [0, 0.05) is 5.39 Å². The molecular formula is C15H11BrF3N3O3S. The summed E-state index contributed by atoms with van der Waals surface area (Å²) in [5.41, 5.74) is 1.07. The van der Waals surface area contributed by atoms with E-state index in [1.807, 2.05) is 0 Å². The van der Waals surface area contributed by atoms with Gasteiger partial charge in [-0.1, -0.05) is 0 Å². The molecule has 6 nitrogen and oxygen atoms in total. The van der Waals surface area contributed by atoms with E-state index in [2.05, 4.69) is 30.5 Å². The summed E-state index contributed by atoms with van der Waals surface area (Å²) in [5.74, 6) is -0.348. The minimum atomic E-state index is -4.77. The van der Waals surface area contributed by atoms with E-state index < -0.39 is 16.4 Å². The highest BCUT2D eigenvalue weighted by Crippen LogP contribution is 2.29. The Balaban J connectivity index is 2.04. The summed E-state index contributed by atoms with van der Waals surface area (Å²) in [6.07, 6.45) is -4.77. The zero-order valence-corrected chi connectivity index (χ0v) is 15.5. The molecule has 0 spiro atoms. The molecule has 0 aliphatic carbocycles. The van der Waals surface area contributed by atoms with Crippen LogP contribution in [0.25, 0.3) is 16.6 Å². The van der Waals surface area contributed by atoms with Gasteiger partial charge in [0.15, 0.2) is 0 Å². The zero-order valence-electron chi connectivity index (χ0n) is 13.1. The van der Waals surface area contributed by atoms with Crippen LogP contribution in [0.3, 0.4) is 0 Å². The molecule has 26 heavy (non-hydrogen) atoms. The predicted octanol–water partition coefficient (Wildman–Crippen LogP) is 3.59. The number of ether oxygens (including phenoxy) is 1. The molecule has 0 unspecified atom stereocenters. The van der Waals surface area contributed by atoms with Crippen molar-refractivity contribution in [2.75, 3.05) is 7.05 Å². The first kappa shape index (κ1) is 18.7. The average Bonchev–Trinajstić information content (AvgIpc) is 2.91. The van der Waals surface area contributed by atoms with Crippen LogP contribution < -0.4 is 9.46 Å². The molecule has 0 aliphatic rings. The molecule has 0 saturated carbocycles. The molecule has 3 rings (SSSR count). The number of halogens is 4. The fourth-order valence-electron chi connectivity index (χ4n) is 2.33. The first-order valence-corrected chi connectivity index (χ1v) is 9.36. The largest absolute Gasteiger partial charge is 0.573 e. The summed E-state index contributed by atoms with van der Waals surface area (Å²) in [5, 5.41) is 4.81. The third-order valence-corrected chi connectivity index (χ3v) is 5.50. The third kappa shape index (κ3) is 3.69. The van der Waals surface area contributed by atoms with Gasteiger partial charge in [0.2, 0.25) is 10.0 Å². The molecule has 1 aromatic heterocycles. The Morgan fingerprint density at radius 3 is 2.38 bits per heavy atom. The summed E-state index contributed by atoms with van der Waals surface area (Å²) in [7, 11) is -2.31. The van der Waals surface area contributed by atoms with Crippen molar-refractivity contribution < 1.29 is 26.3 Å². The van der Waals surface area contributed by atoms with Crippen molar-refractivity contribution in [3.8, 4) is 11.4 Å². The Bertz CT molecular complexity index is 1060. The maximum Gasteiger partial charge on any atom is 0.573 e. The van der Waals surface area contributed by atoms with Crippen LogP contribution in [-0.2, 0) is 10.0 Å². The van der Waals surface area contributed by atoms with E-state index in [1.54, 1.807) is 6.07 Å². The maximum absolute atomic E-state index is 12.2. The molecule has 11 heteroatoms. The fourth-order valence-corrected chi connectivity index (χ4v) is 3.56. The van der Waals surface area contributed by atoms with Crippen LogP contribution in [0.1, 0.15) is 0 Å². The third-order valence-electron chi connectivity index (χ3n) is 3.50. The molecule has 0 amide bonds. The van der Waals surface area contributed by atoms with E-state index in [4.69, 9.17) is 0 Å². The number of aromatic nitrogens is 2. The van der Waals surface area contributed by atoms with Gasteiger partial charge >= 0.3 is 6.36 Å². The number of alkyl halides is 3. The van der Waals surface area contributed by atoms with Crippen LogP contribution in [0.5, 0.6) is 5.75 Å². The summed E-state index contributed by atoms with van der Waals surface area (Å²) in [6, 6.07) is 9.61. The lowest BCUT2D eigenvalue weighted by Gasteiger charge is -2.09. The van der Waals surface area contributed by atoms with Crippen LogP contribution in [0.4, 0.5) is 13.2 Å². The molecule has 2 aromatic carbocycles. The SMILES string of the molecule is CNS(=O)(=O)c1ccc2c(c1)c(Br)nn2-c1ccc(OC(F)(F)F)cc1. The lowest BCUT2D eigenvalue weighted by Crippen LogP contribution is -2.18. The van der Waals surface area contributed by atoms with Crippen LogP contribution in [0.15, 0.2) is 52.0 Å². The van der Waals surface area contributed by atoms with Gasteiger partial charge in [0.1, 0.15) is 10.4 Å². The van der Waals surface area contributed by atoms with Crippen LogP contribution >= 0.6 is 15.9 Å². The van der Waals surface area contributed by atoms with Crippen LogP contribution in [0.2, 0.25) is 0 Å². The van der Waals surface area contributed by atoms with E-state index in [9.17, 15) is 21.6 Å². The maximum atomic E-state index is 12.2. The molecule has 1 heterocycles. The quantitative estimate of drug-likeness (QED) is 0.660. The van der Waals surface area contributed by atoms with Crippen molar-refractivity contribution in [2.45, 2.75) is 11.3 Å². The first-order chi connectivity index (χ1) is 12.1. The highest BCUT2D eigenvalue weighted by Gasteiger charge is 2.31. The molecule has 0 saturated heterocycles. The highest BCUT2D eigenvalue weighted by atomic mass is 79.9. The lowest BCUT2D eigenvalue weighted by molar-refractivity contribution is -0.274. The van der Waals surface area contributed by atoms with Gasteiger partial charge in [-0.25, -0.2) is 17.8 Å². The second kappa shape index (κ2) is 6.56. The lowest BCUT2D eigenvalue weighted by atomic mass is 10.2. The van der Waals surface area contributed by atoms with Crippen molar-refractivity contribution in [1.29, 1.82) is 0 Å². The number of nitrogens with zero attached hydrogens (tertiary/aromatic N) is 2. The summed E-state index contributed by atoms with van der Waals surface area (Å²) in [4.78, 5) is 0.0710. The van der Waals surface area contributed by atoms with Crippen LogP contribution in [-0.4, -0.2) is 31.6 Å². The summed E-state index contributed by atoms with van der Waals surface area (Å²) >= 11 is 3.27. The second-order valence-corrected chi connectivity index (χ2v) is 7.77. The van der Waals surface area contributed by atoms with Gasteiger partial charge in [-0.05, 0) is 65.4 Å².